The SMILES string of the molecule is CCOC(=O)COc1ccc2c(c1)C[C@H](NC[C@H](O)c1cccc(Cl)c1)CC2. The third-order valence-corrected chi connectivity index (χ3v) is 5.14. The van der Waals surface area contributed by atoms with E-state index in [1.807, 2.05) is 24.3 Å². The van der Waals surface area contributed by atoms with Gasteiger partial charge in [0, 0.05) is 17.6 Å². The molecule has 0 radical (unpaired) electrons. The number of hydrogen-bond donors (Lipinski definition) is 2. The largest absolute Gasteiger partial charge is 0.482 e. The van der Waals surface area contributed by atoms with Crippen molar-refractivity contribution in [2.45, 2.75) is 38.3 Å². The van der Waals surface area contributed by atoms with E-state index in [1.165, 1.54) is 11.1 Å². The average molecular weight is 404 g/mol. The minimum atomic E-state index is -0.598. The zero-order valence-corrected chi connectivity index (χ0v) is 16.7. The molecule has 2 atom stereocenters. The summed E-state index contributed by atoms with van der Waals surface area (Å²) in [6.45, 7) is 2.51. The molecule has 0 spiro atoms. The molecule has 28 heavy (non-hydrogen) atoms. The minimum Gasteiger partial charge on any atom is -0.482 e. The molecule has 150 valence electrons. The lowest BCUT2D eigenvalue weighted by atomic mass is 9.88. The van der Waals surface area contributed by atoms with Crippen LogP contribution in [0.2, 0.25) is 5.02 Å². The Morgan fingerprint density at radius 2 is 2.14 bits per heavy atom. The van der Waals surface area contributed by atoms with Gasteiger partial charge in [-0.3, -0.25) is 0 Å². The van der Waals surface area contributed by atoms with Gasteiger partial charge in [0.2, 0.25) is 0 Å². The first-order valence-corrected chi connectivity index (χ1v) is 10.00. The highest BCUT2D eigenvalue weighted by molar-refractivity contribution is 6.30. The van der Waals surface area contributed by atoms with Crippen molar-refractivity contribution in [2.24, 2.45) is 0 Å². The maximum absolute atomic E-state index is 11.5. The Balaban J connectivity index is 1.54. The molecule has 0 fully saturated rings. The van der Waals surface area contributed by atoms with Crippen LogP contribution in [0, 0.1) is 0 Å². The molecule has 6 heteroatoms. The van der Waals surface area contributed by atoms with Crippen molar-refractivity contribution in [3.8, 4) is 5.75 Å². The van der Waals surface area contributed by atoms with E-state index in [2.05, 4.69) is 11.4 Å². The molecule has 1 aliphatic carbocycles. The molecular formula is C22H26ClNO4. The summed E-state index contributed by atoms with van der Waals surface area (Å²) in [5.74, 6) is 0.307. The summed E-state index contributed by atoms with van der Waals surface area (Å²) < 4.78 is 10.4. The standard InChI is InChI=1S/C22H26ClNO4/c1-2-27-22(26)14-28-20-9-7-15-6-8-19(11-17(15)12-20)24-13-21(25)16-4-3-5-18(23)10-16/h3-5,7,9-10,12,19,21,24-25H,2,6,8,11,13-14H2,1H3/t19-,21+/m1/s1. The lowest BCUT2D eigenvalue weighted by Crippen LogP contribution is -2.37. The highest BCUT2D eigenvalue weighted by Crippen LogP contribution is 2.26. The lowest BCUT2D eigenvalue weighted by Gasteiger charge is -2.27. The Labute approximate surface area is 170 Å². The number of fused-ring (bicyclic) bond motifs is 1. The maximum atomic E-state index is 11.5. The molecular weight excluding hydrogens is 378 g/mol. The van der Waals surface area contributed by atoms with Crippen LogP contribution >= 0.6 is 11.6 Å². The van der Waals surface area contributed by atoms with Crippen LogP contribution < -0.4 is 10.1 Å². The monoisotopic (exact) mass is 403 g/mol. The van der Waals surface area contributed by atoms with Crippen molar-refractivity contribution in [1.29, 1.82) is 0 Å². The Bertz CT molecular complexity index is 811. The van der Waals surface area contributed by atoms with E-state index in [9.17, 15) is 9.90 Å². The third kappa shape index (κ3) is 5.71. The number of aliphatic hydroxyl groups excluding tert-OH is 1. The summed E-state index contributed by atoms with van der Waals surface area (Å²) in [7, 11) is 0. The molecule has 5 nitrogen and oxygen atoms in total. The number of aryl methyl sites for hydroxylation is 1. The van der Waals surface area contributed by atoms with Gasteiger partial charge in [0.1, 0.15) is 5.75 Å². The molecule has 0 unspecified atom stereocenters. The van der Waals surface area contributed by atoms with Gasteiger partial charge in [-0.2, -0.15) is 0 Å². The molecule has 2 aromatic carbocycles. The molecule has 0 aliphatic heterocycles. The topological polar surface area (TPSA) is 67.8 Å². The maximum Gasteiger partial charge on any atom is 0.344 e. The van der Waals surface area contributed by atoms with Crippen LogP contribution in [0.1, 0.15) is 36.1 Å². The Kier molecular flexibility index (Phi) is 7.31. The molecule has 2 N–H and O–H groups in total. The number of carbonyl (C=O) groups is 1. The van der Waals surface area contributed by atoms with Gasteiger partial charge in [-0.05, 0) is 67.1 Å². The summed E-state index contributed by atoms with van der Waals surface area (Å²) in [5.41, 5.74) is 3.32. The molecule has 0 saturated carbocycles. The van der Waals surface area contributed by atoms with Crippen LogP contribution in [0.25, 0.3) is 0 Å². The van der Waals surface area contributed by atoms with Crippen LogP contribution in [0.3, 0.4) is 0 Å². The van der Waals surface area contributed by atoms with Crippen molar-refractivity contribution in [3.05, 3.63) is 64.2 Å². The number of esters is 1. The fourth-order valence-corrected chi connectivity index (χ4v) is 3.65. The van der Waals surface area contributed by atoms with Gasteiger partial charge in [0.15, 0.2) is 6.61 Å². The van der Waals surface area contributed by atoms with Gasteiger partial charge in [0.05, 0.1) is 12.7 Å². The average Bonchev–Trinajstić information content (AvgIpc) is 2.70. The molecule has 0 amide bonds. The normalized spacial score (nSPS) is 16.9. The second-order valence-corrected chi connectivity index (χ2v) is 7.38. The van der Waals surface area contributed by atoms with Gasteiger partial charge in [-0.25, -0.2) is 4.79 Å². The van der Waals surface area contributed by atoms with Crippen LogP contribution in [0.4, 0.5) is 0 Å². The summed E-state index contributed by atoms with van der Waals surface area (Å²) in [4.78, 5) is 11.5. The molecule has 1 aliphatic rings. The van der Waals surface area contributed by atoms with Crippen molar-refractivity contribution in [1.82, 2.24) is 5.32 Å². The number of aliphatic hydroxyl groups is 1. The summed E-state index contributed by atoms with van der Waals surface area (Å²) in [6, 6.07) is 13.5. The van der Waals surface area contributed by atoms with E-state index in [4.69, 9.17) is 21.1 Å². The second kappa shape index (κ2) is 9.92. The van der Waals surface area contributed by atoms with E-state index in [1.54, 1.807) is 19.1 Å². The summed E-state index contributed by atoms with van der Waals surface area (Å²) in [5, 5.41) is 14.5. The van der Waals surface area contributed by atoms with E-state index in [0.717, 1.165) is 24.8 Å². The molecule has 3 rings (SSSR count). The van der Waals surface area contributed by atoms with Crippen molar-refractivity contribution >= 4 is 17.6 Å². The number of nitrogens with one attached hydrogen (secondary N) is 1. The lowest BCUT2D eigenvalue weighted by molar-refractivity contribution is -0.145. The second-order valence-electron chi connectivity index (χ2n) is 6.94. The Hall–Kier alpha value is -2.08. The molecule has 0 aromatic heterocycles. The van der Waals surface area contributed by atoms with Crippen LogP contribution in [-0.4, -0.2) is 36.9 Å². The van der Waals surface area contributed by atoms with Crippen LogP contribution in [-0.2, 0) is 22.4 Å². The number of halogens is 1. The number of hydrogen-bond acceptors (Lipinski definition) is 5. The number of carbonyl (C=O) groups excluding carboxylic acids is 1. The quantitative estimate of drug-likeness (QED) is 0.660. The third-order valence-electron chi connectivity index (χ3n) is 4.90. The van der Waals surface area contributed by atoms with E-state index in [-0.39, 0.29) is 18.6 Å². The fourth-order valence-electron chi connectivity index (χ4n) is 3.45. The van der Waals surface area contributed by atoms with Gasteiger partial charge >= 0.3 is 5.97 Å². The van der Waals surface area contributed by atoms with Crippen molar-refractivity contribution in [3.63, 3.8) is 0 Å². The first-order valence-electron chi connectivity index (χ1n) is 9.62. The molecule has 2 aromatic rings. The van der Waals surface area contributed by atoms with E-state index >= 15 is 0 Å². The molecule has 0 bridgehead atoms. The molecule has 0 heterocycles. The van der Waals surface area contributed by atoms with Gasteiger partial charge < -0.3 is 19.9 Å². The molecule has 0 saturated heterocycles. The fraction of sp³-hybridized carbons (Fsp3) is 0.409. The van der Waals surface area contributed by atoms with Crippen molar-refractivity contribution < 1.29 is 19.4 Å². The zero-order chi connectivity index (χ0) is 19.9. The number of ether oxygens (including phenoxy) is 2. The predicted octanol–water partition coefficient (Wildman–Crippen LogP) is 3.46. The van der Waals surface area contributed by atoms with Crippen molar-refractivity contribution in [2.75, 3.05) is 19.8 Å². The number of benzene rings is 2. The zero-order valence-electron chi connectivity index (χ0n) is 16.0. The predicted molar refractivity (Wildman–Crippen MR) is 109 cm³/mol. The van der Waals surface area contributed by atoms with E-state index in [0.29, 0.717) is 23.9 Å². The Morgan fingerprint density at radius 1 is 1.29 bits per heavy atom. The summed E-state index contributed by atoms with van der Waals surface area (Å²) >= 11 is 6.00. The van der Waals surface area contributed by atoms with Gasteiger partial charge in [0.25, 0.3) is 0 Å². The highest BCUT2D eigenvalue weighted by atomic mass is 35.5. The summed E-state index contributed by atoms with van der Waals surface area (Å²) in [6.07, 6.45) is 2.24. The van der Waals surface area contributed by atoms with Crippen LogP contribution in [0.15, 0.2) is 42.5 Å². The Morgan fingerprint density at radius 3 is 2.93 bits per heavy atom. The first-order chi connectivity index (χ1) is 13.5. The highest BCUT2D eigenvalue weighted by Gasteiger charge is 2.20. The van der Waals surface area contributed by atoms with Gasteiger partial charge in [-0.15, -0.1) is 0 Å². The smallest absolute Gasteiger partial charge is 0.344 e. The first kappa shape index (κ1) is 20.6. The minimum absolute atomic E-state index is 0.0832. The van der Waals surface area contributed by atoms with Gasteiger partial charge in [-0.1, -0.05) is 29.8 Å². The van der Waals surface area contributed by atoms with E-state index < -0.39 is 6.10 Å². The van der Waals surface area contributed by atoms with Crippen LogP contribution in [0.5, 0.6) is 5.75 Å². The number of rotatable bonds is 8.